The Labute approximate surface area is 144 Å². The Bertz CT molecular complexity index is 691. The molecule has 8 nitrogen and oxygen atoms in total. The van der Waals surface area contributed by atoms with E-state index in [4.69, 9.17) is 14.2 Å². The standard InChI is InChI=1S/C17H22O8/c1-9(18)23-8-10-13-11(19)6-16(3,21)17(22)5-4-15(2,25-17)7-12(13)24-14(10)20/h7,11,19,21-22H,4-6,8H2,1-3H3/t11-,15+,16-,17-/m0/s1. The van der Waals surface area contributed by atoms with Crippen LogP contribution in [0.5, 0.6) is 0 Å². The molecule has 138 valence electrons. The van der Waals surface area contributed by atoms with Crippen molar-refractivity contribution in [2.24, 2.45) is 0 Å². The minimum atomic E-state index is -1.83. The quantitative estimate of drug-likeness (QED) is 0.595. The highest BCUT2D eigenvalue weighted by Gasteiger charge is 2.58. The third-order valence-corrected chi connectivity index (χ3v) is 5.02. The second-order valence-corrected chi connectivity index (χ2v) is 7.26. The van der Waals surface area contributed by atoms with Gasteiger partial charge in [0, 0.05) is 25.3 Å². The van der Waals surface area contributed by atoms with E-state index in [0.29, 0.717) is 6.42 Å². The first-order chi connectivity index (χ1) is 11.5. The van der Waals surface area contributed by atoms with Gasteiger partial charge in [-0.3, -0.25) is 4.79 Å². The van der Waals surface area contributed by atoms with Crippen molar-refractivity contribution in [2.45, 2.75) is 63.1 Å². The highest BCUT2D eigenvalue weighted by atomic mass is 16.7. The van der Waals surface area contributed by atoms with Crippen molar-refractivity contribution < 1.29 is 39.1 Å². The Kier molecular flexibility index (Phi) is 4.07. The lowest BCUT2D eigenvalue weighted by Gasteiger charge is -2.39. The van der Waals surface area contributed by atoms with Gasteiger partial charge in [-0.1, -0.05) is 0 Å². The fraction of sp³-hybridized carbons (Fsp3) is 0.647. The van der Waals surface area contributed by atoms with Crippen LogP contribution in [0, 0.1) is 0 Å². The molecule has 25 heavy (non-hydrogen) atoms. The smallest absolute Gasteiger partial charge is 0.343 e. The van der Waals surface area contributed by atoms with Crippen molar-refractivity contribution in [2.75, 3.05) is 6.61 Å². The number of fused-ring (bicyclic) bond motifs is 3. The average Bonchev–Trinajstić information content (AvgIpc) is 2.94. The monoisotopic (exact) mass is 354 g/mol. The minimum Gasteiger partial charge on any atom is -0.461 e. The van der Waals surface area contributed by atoms with E-state index in [1.165, 1.54) is 19.9 Å². The van der Waals surface area contributed by atoms with E-state index in [0.717, 1.165) is 0 Å². The number of hydrogen-bond donors (Lipinski definition) is 3. The molecule has 3 rings (SSSR count). The number of aliphatic hydroxyl groups is 3. The summed E-state index contributed by atoms with van der Waals surface area (Å²) in [5, 5.41) is 32.1. The van der Waals surface area contributed by atoms with Crippen LogP contribution in [0.15, 0.2) is 23.0 Å². The number of esters is 2. The third kappa shape index (κ3) is 2.99. The summed E-state index contributed by atoms with van der Waals surface area (Å²) >= 11 is 0. The van der Waals surface area contributed by atoms with Crippen LogP contribution in [0.3, 0.4) is 0 Å². The molecule has 0 aromatic heterocycles. The molecule has 0 aromatic carbocycles. The number of aliphatic hydroxyl groups excluding tert-OH is 1. The van der Waals surface area contributed by atoms with Crippen molar-refractivity contribution in [3.8, 4) is 0 Å². The summed E-state index contributed by atoms with van der Waals surface area (Å²) in [6.45, 7) is 3.93. The van der Waals surface area contributed by atoms with Crippen LogP contribution in [0.1, 0.15) is 40.0 Å². The molecule has 2 bridgehead atoms. The Hall–Kier alpha value is -1.74. The van der Waals surface area contributed by atoms with Gasteiger partial charge in [0.25, 0.3) is 0 Å². The Morgan fingerprint density at radius 2 is 2.04 bits per heavy atom. The molecule has 0 radical (unpaired) electrons. The Balaban J connectivity index is 2.09. The molecule has 3 heterocycles. The molecule has 0 amide bonds. The molecule has 3 N–H and O–H groups in total. The molecule has 1 saturated heterocycles. The number of ether oxygens (including phenoxy) is 3. The summed E-state index contributed by atoms with van der Waals surface area (Å²) in [7, 11) is 0. The maximum atomic E-state index is 12.2. The topological polar surface area (TPSA) is 123 Å². The van der Waals surface area contributed by atoms with Crippen LogP contribution in [0.4, 0.5) is 0 Å². The van der Waals surface area contributed by atoms with Crippen molar-refractivity contribution in [3.63, 3.8) is 0 Å². The summed E-state index contributed by atoms with van der Waals surface area (Å²) in [6, 6.07) is 0. The van der Waals surface area contributed by atoms with Crippen molar-refractivity contribution >= 4 is 11.9 Å². The molecule has 0 saturated carbocycles. The van der Waals surface area contributed by atoms with Gasteiger partial charge in [0.15, 0.2) is 5.79 Å². The van der Waals surface area contributed by atoms with Crippen LogP contribution in [0.2, 0.25) is 0 Å². The highest BCUT2D eigenvalue weighted by molar-refractivity contribution is 5.95. The third-order valence-electron chi connectivity index (χ3n) is 5.02. The van der Waals surface area contributed by atoms with Gasteiger partial charge in [-0.05, 0) is 26.3 Å². The molecule has 3 aliphatic rings. The predicted molar refractivity (Wildman–Crippen MR) is 82.8 cm³/mol. The van der Waals surface area contributed by atoms with Crippen LogP contribution in [-0.2, 0) is 23.8 Å². The molecule has 4 atom stereocenters. The van der Waals surface area contributed by atoms with Gasteiger partial charge in [-0.15, -0.1) is 0 Å². The Morgan fingerprint density at radius 1 is 1.36 bits per heavy atom. The zero-order chi connectivity index (χ0) is 18.6. The summed E-state index contributed by atoms with van der Waals surface area (Å²) < 4.78 is 15.8. The molecule has 8 heteroatoms. The lowest BCUT2D eigenvalue weighted by molar-refractivity contribution is -0.297. The van der Waals surface area contributed by atoms with Crippen molar-refractivity contribution in [3.05, 3.63) is 23.0 Å². The number of hydrogen-bond acceptors (Lipinski definition) is 8. The first-order valence-corrected chi connectivity index (χ1v) is 8.11. The minimum absolute atomic E-state index is 0.0121. The lowest BCUT2D eigenvalue weighted by Crippen LogP contribution is -2.54. The summed E-state index contributed by atoms with van der Waals surface area (Å²) in [4.78, 5) is 23.2. The second kappa shape index (κ2) is 5.63. The first kappa shape index (κ1) is 18.1. The van der Waals surface area contributed by atoms with E-state index in [1.54, 1.807) is 6.92 Å². The zero-order valence-electron chi connectivity index (χ0n) is 14.4. The van der Waals surface area contributed by atoms with Gasteiger partial charge in [0.2, 0.25) is 0 Å². The van der Waals surface area contributed by atoms with E-state index in [9.17, 15) is 24.9 Å². The fourth-order valence-corrected chi connectivity index (χ4v) is 3.56. The van der Waals surface area contributed by atoms with Crippen molar-refractivity contribution in [1.82, 2.24) is 0 Å². The number of carbonyl (C=O) groups is 2. The number of rotatable bonds is 2. The second-order valence-electron chi connectivity index (χ2n) is 7.26. The Morgan fingerprint density at radius 3 is 2.68 bits per heavy atom. The van der Waals surface area contributed by atoms with Crippen LogP contribution in [-0.4, -0.2) is 57.0 Å². The molecular weight excluding hydrogens is 332 g/mol. The molecule has 0 aliphatic carbocycles. The predicted octanol–water partition coefficient (Wildman–Crippen LogP) is 0.0601. The largest absolute Gasteiger partial charge is 0.461 e. The van der Waals surface area contributed by atoms with E-state index >= 15 is 0 Å². The average molecular weight is 354 g/mol. The summed E-state index contributed by atoms with van der Waals surface area (Å²) in [6.07, 6.45) is 0.480. The van der Waals surface area contributed by atoms with E-state index in [2.05, 4.69) is 0 Å². The van der Waals surface area contributed by atoms with Gasteiger partial charge in [-0.2, -0.15) is 0 Å². The van der Waals surface area contributed by atoms with Gasteiger partial charge in [-0.25, -0.2) is 4.79 Å². The molecule has 3 aliphatic heterocycles. The maximum absolute atomic E-state index is 12.2. The van der Waals surface area contributed by atoms with Gasteiger partial charge >= 0.3 is 11.9 Å². The van der Waals surface area contributed by atoms with Crippen LogP contribution in [0.25, 0.3) is 0 Å². The number of carbonyl (C=O) groups excluding carboxylic acids is 2. The van der Waals surface area contributed by atoms with Crippen LogP contribution < -0.4 is 0 Å². The van der Waals surface area contributed by atoms with E-state index in [-0.39, 0.29) is 36.4 Å². The summed E-state index contributed by atoms with van der Waals surface area (Å²) in [5.41, 5.74) is -2.59. The highest BCUT2D eigenvalue weighted by Crippen LogP contribution is 2.48. The SMILES string of the molecule is CC(=O)OCC1=C2C(=C[C@@]3(C)CC[C@](O)(O3)[C@@](C)(O)C[C@@H]2O)OC1=O. The first-order valence-electron chi connectivity index (χ1n) is 8.11. The molecule has 0 spiro atoms. The molecular formula is C17H22O8. The molecule has 1 fully saturated rings. The van der Waals surface area contributed by atoms with E-state index in [1.807, 2.05) is 0 Å². The fourth-order valence-electron chi connectivity index (χ4n) is 3.56. The van der Waals surface area contributed by atoms with Gasteiger partial charge < -0.3 is 29.5 Å². The normalized spacial score (nSPS) is 40.6. The van der Waals surface area contributed by atoms with Gasteiger partial charge in [0.1, 0.15) is 18.0 Å². The van der Waals surface area contributed by atoms with Crippen LogP contribution >= 0.6 is 0 Å². The molecule has 0 unspecified atom stereocenters. The molecule has 0 aromatic rings. The summed E-state index contributed by atoms with van der Waals surface area (Å²) in [5.74, 6) is -3.03. The van der Waals surface area contributed by atoms with E-state index < -0.39 is 35.0 Å². The lowest BCUT2D eigenvalue weighted by atomic mass is 9.82. The zero-order valence-corrected chi connectivity index (χ0v) is 14.4. The van der Waals surface area contributed by atoms with Gasteiger partial charge in [0.05, 0.1) is 17.3 Å². The van der Waals surface area contributed by atoms with Crippen molar-refractivity contribution in [1.29, 1.82) is 0 Å². The maximum Gasteiger partial charge on any atom is 0.343 e.